The van der Waals surface area contributed by atoms with E-state index in [4.69, 9.17) is 4.74 Å². The van der Waals surface area contributed by atoms with Crippen molar-refractivity contribution in [3.8, 4) is 0 Å². The van der Waals surface area contributed by atoms with Crippen molar-refractivity contribution < 1.29 is 13.5 Å². The summed E-state index contributed by atoms with van der Waals surface area (Å²) in [4.78, 5) is 0. The largest absolute Gasteiger partial charge is 0.370 e. The van der Waals surface area contributed by atoms with E-state index in [1.807, 2.05) is 0 Å². The standard InChI is InChI=1S/C6H12F2O/c1-5(3-7)9-6(2)4-8/h5-6H,3-4H2,1-2H3. The summed E-state index contributed by atoms with van der Waals surface area (Å²) >= 11 is 0. The van der Waals surface area contributed by atoms with Crippen LogP contribution in [0.4, 0.5) is 8.78 Å². The lowest BCUT2D eigenvalue weighted by atomic mass is 10.4. The molecule has 0 radical (unpaired) electrons. The molecule has 0 N–H and O–H groups in total. The highest BCUT2D eigenvalue weighted by molar-refractivity contribution is 4.51. The van der Waals surface area contributed by atoms with Crippen molar-refractivity contribution in [1.29, 1.82) is 0 Å². The normalized spacial score (nSPS) is 17.3. The van der Waals surface area contributed by atoms with Crippen LogP contribution in [-0.2, 0) is 4.74 Å². The number of hydrogen-bond acceptors (Lipinski definition) is 1. The summed E-state index contributed by atoms with van der Waals surface area (Å²) in [5, 5.41) is 0. The molecule has 0 saturated carbocycles. The summed E-state index contributed by atoms with van der Waals surface area (Å²) in [6.07, 6.45) is -0.952. The van der Waals surface area contributed by atoms with Crippen LogP contribution >= 0.6 is 0 Å². The summed E-state index contributed by atoms with van der Waals surface area (Å²) < 4.78 is 28.1. The van der Waals surface area contributed by atoms with E-state index >= 15 is 0 Å². The van der Waals surface area contributed by atoms with Gasteiger partial charge in [0.1, 0.15) is 13.3 Å². The second-order valence-corrected chi connectivity index (χ2v) is 2.07. The van der Waals surface area contributed by atoms with Gasteiger partial charge in [0, 0.05) is 0 Å². The number of hydrogen-bond donors (Lipinski definition) is 0. The minimum atomic E-state index is -0.551. The Morgan fingerprint density at radius 2 is 1.44 bits per heavy atom. The Kier molecular flexibility index (Phi) is 4.58. The smallest absolute Gasteiger partial charge is 0.115 e. The van der Waals surface area contributed by atoms with E-state index in [-0.39, 0.29) is 0 Å². The molecule has 0 rings (SSSR count). The zero-order chi connectivity index (χ0) is 7.28. The molecule has 0 spiro atoms. The molecule has 3 heteroatoms. The molecule has 0 fully saturated rings. The van der Waals surface area contributed by atoms with Crippen LogP contribution in [0.25, 0.3) is 0 Å². The van der Waals surface area contributed by atoms with Crippen molar-refractivity contribution in [1.82, 2.24) is 0 Å². The molecule has 2 atom stereocenters. The van der Waals surface area contributed by atoms with Crippen molar-refractivity contribution in [2.24, 2.45) is 0 Å². The molecule has 0 aliphatic rings. The highest BCUT2D eigenvalue weighted by Gasteiger charge is 2.06. The molecule has 2 unspecified atom stereocenters. The fourth-order valence-corrected chi connectivity index (χ4v) is 0.469. The average molecular weight is 138 g/mol. The molecule has 0 aromatic carbocycles. The van der Waals surface area contributed by atoms with Crippen molar-refractivity contribution in [2.45, 2.75) is 26.1 Å². The Labute approximate surface area is 54.0 Å². The number of rotatable bonds is 4. The van der Waals surface area contributed by atoms with Gasteiger partial charge < -0.3 is 4.74 Å². The molecule has 0 aromatic rings. The van der Waals surface area contributed by atoms with Crippen molar-refractivity contribution in [3.63, 3.8) is 0 Å². The summed E-state index contributed by atoms with van der Waals surface area (Å²) in [7, 11) is 0. The predicted molar refractivity (Wildman–Crippen MR) is 32.0 cm³/mol. The fourth-order valence-electron chi connectivity index (χ4n) is 0.469. The van der Waals surface area contributed by atoms with E-state index in [1.54, 1.807) is 13.8 Å². The van der Waals surface area contributed by atoms with Crippen molar-refractivity contribution >= 4 is 0 Å². The van der Waals surface area contributed by atoms with Crippen LogP contribution in [0.5, 0.6) is 0 Å². The molecule has 0 amide bonds. The van der Waals surface area contributed by atoms with Gasteiger partial charge in [-0.15, -0.1) is 0 Å². The minimum absolute atomic E-state index is 0.476. The van der Waals surface area contributed by atoms with Crippen LogP contribution in [0.2, 0.25) is 0 Å². The summed E-state index contributed by atoms with van der Waals surface area (Å²) in [5.41, 5.74) is 0. The monoisotopic (exact) mass is 138 g/mol. The maximum Gasteiger partial charge on any atom is 0.115 e. The third-order valence-electron chi connectivity index (χ3n) is 0.899. The quantitative estimate of drug-likeness (QED) is 0.574. The van der Waals surface area contributed by atoms with Crippen molar-refractivity contribution in [2.75, 3.05) is 13.3 Å². The van der Waals surface area contributed by atoms with E-state index in [0.29, 0.717) is 0 Å². The summed E-state index contributed by atoms with van der Waals surface area (Å²) in [6.45, 7) is 2.05. The van der Waals surface area contributed by atoms with E-state index < -0.39 is 25.6 Å². The Morgan fingerprint density at radius 3 is 1.67 bits per heavy atom. The zero-order valence-electron chi connectivity index (χ0n) is 5.73. The number of alkyl halides is 2. The molecule has 0 aliphatic carbocycles. The molecule has 0 aromatic heterocycles. The average Bonchev–Trinajstić information content (AvgIpc) is 1.87. The third kappa shape index (κ3) is 4.33. The molecule has 0 heterocycles. The lowest BCUT2D eigenvalue weighted by molar-refractivity contribution is -0.0147. The van der Waals surface area contributed by atoms with Gasteiger partial charge in [0.15, 0.2) is 0 Å². The molecule has 1 nitrogen and oxygen atoms in total. The van der Waals surface area contributed by atoms with Crippen LogP contribution in [0.1, 0.15) is 13.8 Å². The van der Waals surface area contributed by atoms with Gasteiger partial charge in [0.2, 0.25) is 0 Å². The van der Waals surface area contributed by atoms with Gasteiger partial charge in [-0.25, -0.2) is 8.78 Å². The van der Waals surface area contributed by atoms with Crippen LogP contribution in [0.15, 0.2) is 0 Å². The maximum atomic E-state index is 11.6. The Hall–Kier alpha value is -0.180. The van der Waals surface area contributed by atoms with Gasteiger partial charge in [-0.05, 0) is 13.8 Å². The molecule has 0 aliphatic heterocycles. The first-order valence-electron chi connectivity index (χ1n) is 2.98. The first-order valence-corrected chi connectivity index (χ1v) is 2.98. The highest BCUT2D eigenvalue weighted by Crippen LogP contribution is 1.98. The summed E-state index contributed by atoms with van der Waals surface area (Å²) in [5.74, 6) is 0. The Balaban J connectivity index is 3.22. The van der Waals surface area contributed by atoms with Crippen molar-refractivity contribution in [3.05, 3.63) is 0 Å². The van der Waals surface area contributed by atoms with Crippen LogP contribution in [-0.4, -0.2) is 25.6 Å². The van der Waals surface area contributed by atoms with E-state index in [2.05, 4.69) is 0 Å². The summed E-state index contributed by atoms with van der Waals surface area (Å²) in [6, 6.07) is 0. The van der Waals surface area contributed by atoms with E-state index in [1.165, 1.54) is 0 Å². The van der Waals surface area contributed by atoms with Gasteiger partial charge in [-0.1, -0.05) is 0 Å². The zero-order valence-corrected chi connectivity index (χ0v) is 5.73. The van der Waals surface area contributed by atoms with Gasteiger partial charge >= 0.3 is 0 Å². The second kappa shape index (κ2) is 4.68. The number of halogens is 2. The SMILES string of the molecule is CC(CF)OC(C)CF. The topological polar surface area (TPSA) is 9.23 Å². The molecule has 0 bridgehead atoms. The maximum absolute atomic E-state index is 11.6. The van der Waals surface area contributed by atoms with Crippen LogP contribution in [0, 0.1) is 0 Å². The molecular weight excluding hydrogens is 126 g/mol. The van der Waals surface area contributed by atoms with Gasteiger partial charge in [-0.2, -0.15) is 0 Å². The van der Waals surface area contributed by atoms with E-state index in [9.17, 15) is 8.78 Å². The number of ether oxygens (including phenoxy) is 1. The minimum Gasteiger partial charge on any atom is -0.370 e. The lowest BCUT2D eigenvalue weighted by Crippen LogP contribution is -2.19. The third-order valence-corrected chi connectivity index (χ3v) is 0.899. The van der Waals surface area contributed by atoms with Gasteiger partial charge in [-0.3, -0.25) is 0 Å². The fraction of sp³-hybridized carbons (Fsp3) is 1.00. The Morgan fingerprint density at radius 1 is 1.11 bits per heavy atom. The van der Waals surface area contributed by atoms with Gasteiger partial charge in [0.25, 0.3) is 0 Å². The van der Waals surface area contributed by atoms with E-state index in [0.717, 1.165) is 0 Å². The molecule has 56 valence electrons. The van der Waals surface area contributed by atoms with Crippen LogP contribution in [0.3, 0.4) is 0 Å². The second-order valence-electron chi connectivity index (χ2n) is 2.07. The molecular formula is C6H12F2O. The van der Waals surface area contributed by atoms with Crippen LogP contribution < -0.4 is 0 Å². The van der Waals surface area contributed by atoms with Gasteiger partial charge in [0.05, 0.1) is 12.2 Å². The highest BCUT2D eigenvalue weighted by atomic mass is 19.1. The predicted octanol–water partition coefficient (Wildman–Crippen LogP) is 1.72. The lowest BCUT2D eigenvalue weighted by Gasteiger charge is -2.12. The Bertz CT molecular complexity index is 60.1. The molecule has 0 saturated heterocycles. The first-order chi connectivity index (χ1) is 4.20. The molecule has 9 heavy (non-hydrogen) atoms. The first kappa shape index (κ1) is 8.82.